The van der Waals surface area contributed by atoms with Gasteiger partial charge < -0.3 is 10.3 Å². The van der Waals surface area contributed by atoms with Crippen LogP contribution in [0.25, 0.3) is 0 Å². The first-order chi connectivity index (χ1) is 6.62. The molecule has 0 aromatic heterocycles. The van der Waals surface area contributed by atoms with E-state index < -0.39 is 17.2 Å². The average Bonchev–Trinajstić information content (AvgIpc) is 2.44. The van der Waals surface area contributed by atoms with Gasteiger partial charge in [0.05, 0.1) is 0 Å². The summed E-state index contributed by atoms with van der Waals surface area (Å²) < 4.78 is -1.01. The topological polar surface area (TPSA) is 72.7 Å². The number of para-hydroxylation sites is 2. The van der Waals surface area contributed by atoms with Crippen LogP contribution in [0, 0.1) is 5.21 Å². The van der Waals surface area contributed by atoms with Gasteiger partial charge in [0.15, 0.2) is 18.6 Å². The minimum absolute atomic E-state index is 0.384. The van der Waals surface area contributed by atoms with E-state index in [0.717, 1.165) is 6.34 Å². The molecule has 0 fully saturated rings. The Morgan fingerprint density at radius 3 is 2.93 bits per heavy atom. The average molecular weight is 192 g/mol. The molecule has 1 heterocycles. The van der Waals surface area contributed by atoms with E-state index in [1.807, 2.05) is 0 Å². The van der Waals surface area contributed by atoms with Gasteiger partial charge in [0.25, 0.3) is 0 Å². The van der Waals surface area contributed by atoms with Crippen LogP contribution in [-0.2, 0) is 4.79 Å². The Kier molecular flexibility index (Phi) is 1.83. The van der Waals surface area contributed by atoms with E-state index in [0.29, 0.717) is 11.4 Å². The van der Waals surface area contributed by atoms with Gasteiger partial charge in [-0.2, -0.15) is 4.99 Å². The number of fused-ring (bicyclic) bond motifs is 1. The zero-order chi connectivity index (χ0) is 10.2. The molecule has 5 heteroatoms. The van der Waals surface area contributed by atoms with E-state index in [9.17, 15) is 10.0 Å². The molecule has 1 aliphatic rings. The fourth-order valence-electron chi connectivity index (χ4n) is 1.44. The van der Waals surface area contributed by atoms with Crippen molar-refractivity contribution >= 4 is 23.7 Å². The smallest absolute Gasteiger partial charge is 0.360 e. The van der Waals surface area contributed by atoms with Crippen molar-refractivity contribution in [2.24, 2.45) is 4.99 Å². The molecule has 5 nitrogen and oxygen atoms in total. The molecule has 2 rings (SSSR count). The third kappa shape index (κ3) is 1.28. The zero-order valence-electron chi connectivity index (χ0n) is 7.25. The number of nitrogens with zero attached hydrogens (tertiary/aromatic N) is 2. The van der Waals surface area contributed by atoms with Crippen molar-refractivity contribution in [2.75, 3.05) is 6.54 Å². The monoisotopic (exact) mass is 192 g/mol. The molecule has 72 valence electrons. The highest BCUT2D eigenvalue weighted by Crippen LogP contribution is 2.36. The first-order valence-corrected chi connectivity index (χ1v) is 4.07. The highest BCUT2D eigenvalue weighted by atomic mass is 16.6. The van der Waals surface area contributed by atoms with Crippen molar-refractivity contribution in [1.82, 2.24) is 4.65 Å². The van der Waals surface area contributed by atoms with Crippen molar-refractivity contribution in [3.63, 3.8) is 0 Å². The van der Waals surface area contributed by atoms with Crippen LogP contribution in [0.3, 0.4) is 0 Å². The molecule has 0 spiro atoms. The molecule has 0 amide bonds. The number of rotatable bonds is 2. The fourth-order valence-corrected chi connectivity index (χ4v) is 1.44. The van der Waals surface area contributed by atoms with Crippen LogP contribution >= 0.6 is 0 Å². The number of carbonyl (C=O) groups is 1. The summed E-state index contributed by atoms with van der Waals surface area (Å²) in [7, 11) is 0. The summed E-state index contributed by atoms with van der Waals surface area (Å²) in [5, 5.41) is 20.5. The van der Waals surface area contributed by atoms with Gasteiger partial charge in [-0.25, -0.2) is 4.79 Å². The van der Waals surface area contributed by atoms with Gasteiger partial charge in [-0.15, -0.1) is 0 Å². The first-order valence-electron chi connectivity index (χ1n) is 4.07. The highest BCUT2D eigenvalue weighted by Gasteiger charge is 2.29. The minimum Gasteiger partial charge on any atom is -0.621 e. The molecule has 0 saturated heterocycles. The van der Waals surface area contributed by atoms with E-state index in [4.69, 9.17) is 5.11 Å². The number of hydrogen-bond donors (Lipinski definition) is 1. The van der Waals surface area contributed by atoms with Gasteiger partial charge in [0.1, 0.15) is 5.69 Å². The molecule has 0 aliphatic carbocycles. The Morgan fingerprint density at radius 2 is 2.21 bits per heavy atom. The van der Waals surface area contributed by atoms with Crippen LogP contribution in [0.5, 0.6) is 0 Å². The normalized spacial score (nSPS) is 23.5. The van der Waals surface area contributed by atoms with Gasteiger partial charge in [0, 0.05) is 6.07 Å². The lowest BCUT2D eigenvalue weighted by Gasteiger charge is -2.32. The molecule has 14 heavy (non-hydrogen) atoms. The van der Waals surface area contributed by atoms with E-state index in [2.05, 4.69) is 4.99 Å². The molecule has 1 N–H and O–H groups in total. The Balaban J connectivity index is 2.42. The quantitative estimate of drug-likeness (QED) is 0.566. The summed E-state index contributed by atoms with van der Waals surface area (Å²) in [6, 6.07) is 6.73. The van der Waals surface area contributed by atoms with Crippen LogP contribution in [0.4, 0.5) is 11.4 Å². The molecule has 1 aromatic carbocycles. The third-order valence-corrected chi connectivity index (χ3v) is 2.04. The third-order valence-electron chi connectivity index (χ3n) is 2.04. The molecule has 0 radical (unpaired) electrons. The van der Waals surface area contributed by atoms with Crippen molar-refractivity contribution in [3.8, 4) is 0 Å². The summed E-state index contributed by atoms with van der Waals surface area (Å²) in [5.41, 5.74) is 0.929. The maximum atomic E-state index is 11.9. The Hall–Kier alpha value is -1.72. The van der Waals surface area contributed by atoms with Gasteiger partial charge in [-0.1, -0.05) is 12.1 Å². The molecular formula is C9H8N2O3. The fraction of sp³-hybridized carbons (Fsp3) is 0.111. The number of aliphatic carboxylic acids is 1. The second-order valence-corrected chi connectivity index (χ2v) is 3.08. The Bertz CT molecular complexity index is 416. The first kappa shape index (κ1) is 8.86. The number of carboxylic acids is 1. The number of quaternary nitrogens is 1. The van der Waals surface area contributed by atoms with Crippen molar-refractivity contribution in [1.29, 1.82) is 0 Å². The minimum atomic E-state index is -1.14. The predicted octanol–water partition coefficient (Wildman–Crippen LogP) is 1.25. The number of carboxylic acid groups (broad SMARTS) is 1. The lowest BCUT2D eigenvalue weighted by molar-refractivity contribution is -0.136. The summed E-state index contributed by atoms with van der Waals surface area (Å²) in [6.07, 6.45) is 1.11. The maximum Gasteiger partial charge on any atom is 0.360 e. The van der Waals surface area contributed by atoms with E-state index in [1.165, 1.54) is 0 Å². The van der Waals surface area contributed by atoms with Crippen LogP contribution in [0.2, 0.25) is 0 Å². The van der Waals surface area contributed by atoms with Crippen molar-refractivity contribution < 1.29 is 9.90 Å². The van der Waals surface area contributed by atoms with Gasteiger partial charge in [-0.3, -0.25) is 4.65 Å². The molecule has 0 bridgehead atoms. The summed E-state index contributed by atoms with van der Waals surface area (Å²) >= 11 is 0. The number of hydrogen-bond acceptors (Lipinski definition) is 3. The Labute approximate surface area is 80.1 Å². The van der Waals surface area contributed by atoms with Crippen LogP contribution in [0.1, 0.15) is 0 Å². The molecular weight excluding hydrogens is 184 g/mol. The van der Waals surface area contributed by atoms with Crippen LogP contribution in [-0.4, -0.2) is 24.0 Å². The lowest BCUT2D eigenvalue weighted by atomic mass is 10.2. The van der Waals surface area contributed by atoms with E-state index in [-0.39, 0.29) is 0 Å². The number of hydroxylamine groups is 2. The largest absolute Gasteiger partial charge is 0.621 e. The number of aliphatic imine (C=N–C) groups is 1. The highest BCUT2D eigenvalue weighted by molar-refractivity contribution is 5.92. The van der Waals surface area contributed by atoms with E-state index >= 15 is 0 Å². The van der Waals surface area contributed by atoms with Gasteiger partial charge in [0.2, 0.25) is 0 Å². The van der Waals surface area contributed by atoms with E-state index in [1.54, 1.807) is 24.3 Å². The molecule has 1 atom stereocenters. The molecule has 1 aromatic rings. The van der Waals surface area contributed by atoms with Crippen molar-refractivity contribution in [2.45, 2.75) is 0 Å². The second-order valence-electron chi connectivity index (χ2n) is 3.08. The molecule has 0 saturated carbocycles. The van der Waals surface area contributed by atoms with Gasteiger partial charge >= 0.3 is 5.97 Å². The van der Waals surface area contributed by atoms with Crippen LogP contribution in [0.15, 0.2) is 29.3 Å². The SMILES string of the molecule is O=C(O)C[N+]1([O-])C=Nc2ccccc21. The Morgan fingerprint density at radius 1 is 1.50 bits per heavy atom. The summed E-state index contributed by atoms with van der Waals surface area (Å²) in [5.74, 6) is -1.14. The van der Waals surface area contributed by atoms with Gasteiger partial charge in [-0.05, 0) is 6.07 Å². The van der Waals surface area contributed by atoms with Crippen molar-refractivity contribution in [3.05, 3.63) is 29.5 Å². The second kappa shape index (κ2) is 2.90. The summed E-state index contributed by atoms with van der Waals surface area (Å²) in [6.45, 7) is -0.527. The molecule has 1 aliphatic heterocycles. The molecule has 1 unspecified atom stereocenters. The standard InChI is InChI=1S/C9H8N2O3/c12-9(13)5-11(14)6-10-7-3-1-2-4-8(7)11/h1-4,6H,5H2,(H,12,13). The predicted molar refractivity (Wildman–Crippen MR) is 52.3 cm³/mol. The lowest BCUT2D eigenvalue weighted by Crippen LogP contribution is -2.44. The maximum absolute atomic E-state index is 11.9. The summed E-state index contributed by atoms with van der Waals surface area (Å²) in [4.78, 5) is 14.4. The number of benzene rings is 1. The van der Waals surface area contributed by atoms with Crippen LogP contribution < -0.4 is 4.65 Å². The zero-order valence-corrected chi connectivity index (χ0v) is 7.25.